The molecular formula is C11H14ClFN2S. The van der Waals surface area contributed by atoms with Gasteiger partial charge in [0.05, 0.1) is 5.02 Å². The number of nitrogens with two attached hydrogens (primary N) is 1. The molecule has 2 rings (SSSR count). The Morgan fingerprint density at radius 3 is 2.81 bits per heavy atom. The van der Waals surface area contributed by atoms with Crippen molar-refractivity contribution in [2.75, 3.05) is 0 Å². The van der Waals surface area contributed by atoms with Gasteiger partial charge in [0.15, 0.2) is 0 Å². The smallest absolute Gasteiger partial charge is 0.142 e. The number of nitrogens with one attached hydrogen (secondary N) is 1. The third-order valence-electron chi connectivity index (χ3n) is 2.35. The van der Waals surface area contributed by atoms with E-state index in [1.165, 1.54) is 6.07 Å². The zero-order chi connectivity index (χ0) is 11.0. The summed E-state index contributed by atoms with van der Waals surface area (Å²) in [5.41, 5.74) is 7.58. The zero-order valence-corrected chi connectivity index (χ0v) is 10.6. The fourth-order valence-corrected chi connectivity index (χ4v) is 1.85. The largest absolute Gasteiger partial charge is 0.361 e. The first-order valence-electron chi connectivity index (χ1n) is 4.78. The van der Waals surface area contributed by atoms with Crippen LogP contribution in [0.2, 0.25) is 5.02 Å². The van der Waals surface area contributed by atoms with Crippen LogP contribution in [0.4, 0.5) is 4.39 Å². The van der Waals surface area contributed by atoms with Crippen LogP contribution in [0.5, 0.6) is 0 Å². The molecular weight excluding hydrogens is 247 g/mol. The normalized spacial score (nSPS) is 12.5. The highest BCUT2D eigenvalue weighted by atomic mass is 35.5. The highest BCUT2D eigenvalue weighted by molar-refractivity contribution is 7.59. The molecule has 0 saturated heterocycles. The van der Waals surface area contributed by atoms with E-state index in [1.807, 2.05) is 13.1 Å². The van der Waals surface area contributed by atoms with Gasteiger partial charge in [-0.2, -0.15) is 13.5 Å². The number of H-pyrrole nitrogens is 1. The van der Waals surface area contributed by atoms with Gasteiger partial charge in [0.25, 0.3) is 0 Å². The van der Waals surface area contributed by atoms with E-state index in [0.29, 0.717) is 0 Å². The third kappa shape index (κ3) is 2.51. The van der Waals surface area contributed by atoms with Crippen molar-refractivity contribution in [3.05, 3.63) is 34.7 Å². The van der Waals surface area contributed by atoms with Crippen LogP contribution >= 0.6 is 25.1 Å². The number of fused-ring (bicyclic) bond motifs is 1. The van der Waals surface area contributed by atoms with E-state index in [2.05, 4.69) is 4.98 Å². The van der Waals surface area contributed by atoms with E-state index in [4.69, 9.17) is 17.3 Å². The van der Waals surface area contributed by atoms with Gasteiger partial charge in [-0.1, -0.05) is 11.6 Å². The summed E-state index contributed by atoms with van der Waals surface area (Å²) in [7, 11) is 0. The van der Waals surface area contributed by atoms with Crippen molar-refractivity contribution in [3.63, 3.8) is 0 Å². The minimum atomic E-state index is -0.394. The Kier molecular flexibility index (Phi) is 4.24. The van der Waals surface area contributed by atoms with Crippen LogP contribution in [0.3, 0.4) is 0 Å². The van der Waals surface area contributed by atoms with Gasteiger partial charge >= 0.3 is 0 Å². The van der Waals surface area contributed by atoms with Crippen LogP contribution in [0.1, 0.15) is 12.5 Å². The Morgan fingerprint density at radius 2 is 2.19 bits per heavy atom. The van der Waals surface area contributed by atoms with Crippen LogP contribution in [-0.2, 0) is 6.42 Å². The zero-order valence-electron chi connectivity index (χ0n) is 8.85. The van der Waals surface area contributed by atoms with Crippen molar-refractivity contribution in [2.24, 2.45) is 5.73 Å². The predicted molar refractivity (Wildman–Crippen MR) is 71.0 cm³/mol. The first-order valence-corrected chi connectivity index (χ1v) is 5.16. The minimum Gasteiger partial charge on any atom is -0.361 e. The summed E-state index contributed by atoms with van der Waals surface area (Å²) in [4.78, 5) is 3.05. The van der Waals surface area contributed by atoms with Crippen molar-refractivity contribution in [1.82, 2.24) is 4.98 Å². The molecule has 1 heterocycles. The molecule has 0 fully saturated rings. The molecule has 0 aliphatic rings. The maximum Gasteiger partial charge on any atom is 0.142 e. The quantitative estimate of drug-likeness (QED) is 0.857. The number of benzene rings is 1. The molecule has 0 aliphatic heterocycles. The monoisotopic (exact) mass is 260 g/mol. The molecule has 1 aromatic heterocycles. The van der Waals surface area contributed by atoms with E-state index in [9.17, 15) is 4.39 Å². The summed E-state index contributed by atoms with van der Waals surface area (Å²) in [6.45, 7) is 1.92. The van der Waals surface area contributed by atoms with Gasteiger partial charge in [-0.3, -0.25) is 0 Å². The topological polar surface area (TPSA) is 41.8 Å². The first-order chi connectivity index (χ1) is 7.08. The fraction of sp³-hybridized carbons (Fsp3) is 0.273. The van der Waals surface area contributed by atoms with Crippen LogP contribution < -0.4 is 5.73 Å². The van der Waals surface area contributed by atoms with Gasteiger partial charge in [-0.05, 0) is 31.0 Å². The van der Waals surface area contributed by atoms with E-state index in [1.54, 1.807) is 6.07 Å². The average Bonchev–Trinajstić information content (AvgIpc) is 2.49. The predicted octanol–water partition coefficient (Wildman–Crippen LogP) is 2.96. The second-order valence-corrected chi connectivity index (χ2v) is 4.21. The number of hydrogen-bond acceptors (Lipinski definition) is 1. The van der Waals surface area contributed by atoms with Crippen LogP contribution in [-0.4, -0.2) is 11.0 Å². The molecule has 16 heavy (non-hydrogen) atoms. The van der Waals surface area contributed by atoms with Gasteiger partial charge in [0.1, 0.15) is 5.82 Å². The SMILES string of the molecule is CC(N)Cc1c[nH]c2cc(Cl)c(F)cc12.S. The molecule has 1 atom stereocenters. The van der Waals surface area contributed by atoms with E-state index >= 15 is 0 Å². The minimum absolute atomic E-state index is 0. The lowest BCUT2D eigenvalue weighted by Gasteiger charge is -2.03. The van der Waals surface area contributed by atoms with E-state index in [-0.39, 0.29) is 24.6 Å². The summed E-state index contributed by atoms with van der Waals surface area (Å²) in [5.74, 6) is -0.394. The van der Waals surface area contributed by atoms with Crippen LogP contribution in [0.25, 0.3) is 10.9 Å². The summed E-state index contributed by atoms with van der Waals surface area (Å²) < 4.78 is 13.3. The Morgan fingerprint density at radius 1 is 1.50 bits per heavy atom. The summed E-state index contributed by atoms with van der Waals surface area (Å²) in [6.07, 6.45) is 2.57. The van der Waals surface area contributed by atoms with Gasteiger partial charge in [0, 0.05) is 23.1 Å². The Bertz CT molecular complexity index is 496. The lowest BCUT2D eigenvalue weighted by atomic mass is 10.1. The Hall–Kier alpha value is -0.710. The lowest BCUT2D eigenvalue weighted by molar-refractivity contribution is 0.630. The molecule has 0 bridgehead atoms. The summed E-state index contributed by atoms with van der Waals surface area (Å²) >= 11 is 5.68. The maximum atomic E-state index is 13.3. The second-order valence-electron chi connectivity index (χ2n) is 3.81. The van der Waals surface area contributed by atoms with E-state index in [0.717, 1.165) is 22.9 Å². The van der Waals surface area contributed by atoms with E-state index < -0.39 is 5.82 Å². The Balaban J connectivity index is 0.00000128. The van der Waals surface area contributed by atoms with Gasteiger partial charge < -0.3 is 10.7 Å². The van der Waals surface area contributed by atoms with Crippen LogP contribution in [0, 0.1) is 5.82 Å². The van der Waals surface area contributed by atoms with Crippen molar-refractivity contribution in [1.29, 1.82) is 0 Å². The van der Waals surface area contributed by atoms with Gasteiger partial charge in [-0.15, -0.1) is 0 Å². The fourth-order valence-electron chi connectivity index (χ4n) is 1.69. The van der Waals surface area contributed by atoms with Crippen molar-refractivity contribution >= 4 is 36.0 Å². The number of halogens is 2. The molecule has 0 radical (unpaired) electrons. The first kappa shape index (κ1) is 13.4. The summed E-state index contributed by atoms with van der Waals surface area (Å²) in [6, 6.07) is 3.10. The molecule has 1 unspecified atom stereocenters. The maximum absolute atomic E-state index is 13.3. The molecule has 2 nitrogen and oxygen atoms in total. The molecule has 1 aromatic carbocycles. The third-order valence-corrected chi connectivity index (χ3v) is 2.64. The average molecular weight is 261 g/mol. The molecule has 0 aliphatic carbocycles. The number of rotatable bonds is 2. The second kappa shape index (κ2) is 5.08. The Labute approximate surface area is 105 Å². The lowest BCUT2D eigenvalue weighted by Crippen LogP contribution is -2.17. The molecule has 0 spiro atoms. The molecule has 3 N–H and O–H groups in total. The molecule has 2 aromatic rings. The van der Waals surface area contributed by atoms with Crippen molar-refractivity contribution < 1.29 is 4.39 Å². The highest BCUT2D eigenvalue weighted by Gasteiger charge is 2.09. The van der Waals surface area contributed by atoms with Crippen LogP contribution in [0.15, 0.2) is 18.3 Å². The standard InChI is InChI=1S/C11H12ClFN2.H2S/c1-6(14)2-7-5-15-11-4-9(12)10(13)3-8(7)11;/h3-6,15H,2,14H2,1H3;1H2. The van der Waals surface area contributed by atoms with Crippen molar-refractivity contribution in [3.8, 4) is 0 Å². The number of hydrogen-bond donors (Lipinski definition) is 2. The molecule has 0 saturated carbocycles. The molecule has 5 heteroatoms. The molecule has 0 amide bonds. The summed E-state index contributed by atoms with van der Waals surface area (Å²) in [5, 5.41) is 0.992. The number of aromatic nitrogens is 1. The van der Waals surface area contributed by atoms with Gasteiger partial charge in [-0.25, -0.2) is 4.39 Å². The van der Waals surface area contributed by atoms with Gasteiger partial charge in [0.2, 0.25) is 0 Å². The molecule has 88 valence electrons. The van der Waals surface area contributed by atoms with Crippen molar-refractivity contribution in [2.45, 2.75) is 19.4 Å². The number of aromatic amines is 1. The highest BCUT2D eigenvalue weighted by Crippen LogP contribution is 2.25.